The Kier molecular flexibility index (Phi) is 6.69. The molecule has 0 spiro atoms. The van der Waals surface area contributed by atoms with Crippen molar-refractivity contribution in [2.24, 2.45) is 0 Å². The average Bonchev–Trinajstić information content (AvgIpc) is 3.05. The number of rotatable bonds is 4. The van der Waals surface area contributed by atoms with Crippen LogP contribution in [0, 0.1) is 0 Å². The third-order valence-electron chi connectivity index (χ3n) is 6.35. The number of carbonyl (C=O) groups excluding carboxylic acids is 1. The predicted octanol–water partition coefficient (Wildman–Crippen LogP) is 2.64. The molecule has 1 aromatic carbocycles. The van der Waals surface area contributed by atoms with Gasteiger partial charge in [0.25, 0.3) is 5.91 Å². The van der Waals surface area contributed by atoms with Crippen LogP contribution in [0.2, 0.25) is 0 Å². The van der Waals surface area contributed by atoms with Gasteiger partial charge >= 0.3 is 0 Å². The topological polar surface area (TPSA) is 69.7 Å². The van der Waals surface area contributed by atoms with Crippen LogP contribution in [-0.2, 0) is 10.0 Å². The molecule has 0 aliphatic carbocycles. The first kappa shape index (κ1) is 21.6. The minimum Gasteiger partial charge on any atom is -0.339 e. The number of carbonyl (C=O) groups is 1. The second-order valence-corrected chi connectivity index (χ2v) is 10.1. The molecule has 156 valence electrons. The van der Waals surface area contributed by atoms with Crippen LogP contribution in [0.15, 0.2) is 29.2 Å². The maximum Gasteiger partial charge on any atom is 0.253 e. The molecule has 8 heteroatoms. The van der Waals surface area contributed by atoms with Crippen LogP contribution in [0.1, 0.15) is 55.3 Å². The van der Waals surface area contributed by atoms with E-state index in [0.29, 0.717) is 30.7 Å². The Hall–Kier alpha value is -1.15. The number of hydrogen-bond acceptors (Lipinski definition) is 4. The van der Waals surface area contributed by atoms with Crippen LogP contribution in [0.4, 0.5) is 0 Å². The van der Waals surface area contributed by atoms with Crippen LogP contribution in [0.25, 0.3) is 0 Å². The second-order valence-electron chi connectivity index (χ2n) is 8.17. The van der Waals surface area contributed by atoms with E-state index in [1.54, 1.807) is 28.6 Å². The molecule has 3 aliphatic heterocycles. The van der Waals surface area contributed by atoms with Gasteiger partial charge in [-0.05, 0) is 56.7 Å². The number of hydrogen-bond donors (Lipinski definition) is 1. The van der Waals surface area contributed by atoms with Crippen LogP contribution in [-0.4, -0.2) is 61.8 Å². The van der Waals surface area contributed by atoms with Gasteiger partial charge in [0.05, 0.1) is 4.90 Å². The lowest BCUT2D eigenvalue weighted by Crippen LogP contribution is -2.48. The largest absolute Gasteiger partial charge is 0.339 e. The van der Waals surface area contributed by atoms with Crippen molar-refractivity contribution in [3.05, 3.63) is 29.8 Å². The molecule has 4 rings (SSSR count). The van der Waals surface area contributed by atoms with Gasteiger partial charge in [-0.15, -0.1) is 12.4 Å². The summed E-state index contributed by atoms with van der Waals surface area (Å²) >= 11 is 0. The van der Waals surface area contributed by atoms with Crippen molar-refractivity contribution in [2.75, 3.05) is 20.1 Å². The Labute approximate surface area is 174 Å². The van der Waals surface area contributed by atoms with Crippen molar-refractivity contribution in [3.8, 4) is 0 Å². The Morgan fingerprint density at radius 3 is 2.39 bits per heavy atom. The standard InChI is InChI=1S/C20H29N3O3S.ClH/c1-22(18-13-16-8-9-17(14-18)21-16)20(24)15-6-5-7-19(12-15)27(25,26)23-10-3-2-4-11-23;/h5-7,12,16-18,21H,2-4,8-11,13-14H2,1H3;1H. The molecule has 2 atom stereocenters. The molecule has 0 radical (unpaired) electrons. The molecule has 1 N–H and O–H groups in total. The fraction of sp³-hybridized carbons (Fsp3) is 0.650. The Morgan fingerprint density at radius 1 is 1.11 bits per heavy atom. The number of fused-ring (bicyclic) bond motifs is 2. The molecule has 3 aliphatic rings. The molecule has 6 nitrogen and oxygen atoms in total. The first-order valence-corrected chi connectivity index (χ1v) is 11.5. The molecular formula is C20H30ClN3O3S. The zero-order valence-corrected chi connectivity index (χ0v) is 18.0. The minimum atomic E-state index is -3.52. The lowest BCUT2D eigenvalue weighted by Gasteiger charge is -2.35. The number of nitrogens with zero attached hydrogens (tertiary/aromatic N) is 2. The summed E-state index contributed by atoms with van der Waals surface area (Å²) in [4.78, 5) is 15.1. The summed E-state index contributed by atoms with van der Waals surface area (Å²) in [6.07, 6.45) is 7.21. The average molecular weight is 428 g/mol. The second kappa shape index (κ2) is 8.69. The van der Waals surface area contributed by atoms with Crippen molar-refractivity contribution >= 4 is 28.3 Å². The summed E-state index contributed by atoms with van der Waals surface area (Å²) in [6, 6.07) is 7.81. The van der Waals surface area contributed by atoms with E-state index in [4.69, 9.17) is 0 Å². The normalized spacial score (nSPS) is 27.8. The Bertz CT molecular complexity index is 799. The third kappa shape index (κ3) is 4.22. The molecule has 1 aromatic rings. The van der Waals surface area contributed by atoms with Crippen molar-refractivity contribution in [3.63, 3.8) is 0 Å². The highest BCUT2D eigenvalue weighted by atomic mass is 35.5. The van der Waals surface area contributed by atoms with Crippen LogP contribution >= 0.6 is 12.4 Å². The lowest BCUT2D eigenvalue weighted by molar-refractivity contribution is 0.0681. The van der Waals surface area contributed by atoms with Gasteiger partial charge < -0.3 is 10.2 Å². The molecule has 3 fully saturated rings. The summed E-state index contributed by atoms with van der Waals surface area (Å²) in [7, 11) is -1.67. The summed E-state index contributed by atoms with van der Waals surface area (Å²) in [6.45, 7) is 1.14. The summed E-state index contributed by atoms with van der Waals surface area (Å²) < 4.78 is 27.4. The Morgan fingerprint density at radius 2 is 1.75 bits per heavy atom. The van der Waals surface area contributed by atoms with Gasteiger partial charge in [-0.3, -0.25) is 4.79 Å². The van der Waals surface area contributed by atoms with Gasteiger partial charge in [0.15, 0.2) is 0 Å². The zero-order valence-electron chi connectivity index (χ0n) is 16.3. The van der Waals surface area contributed by atoms with Gasteiger partial charge in [-0.1, -0.05) is 12.5 Å². The van der Waals surface area contributed by atoms with Gasteiger partial charge in [-0.25, -0.2) is 8.42 Å². The van der Waals surface area contributed by atoms with Gasteiger partial charge in [0.1, 0.15) is 0 Å². The Balaban J connectivity index is 0.00000225. The monoisotopic (exact) mass is 427 g/mol. The van der Waals surface area contributed by atoms with E-state index in [9.17, 15) is 13.2 Å². The number of amides is 1. The first-order chi connectivity index (χ1) is 12.9. The maximum absolute atomic E-state index is 13.0. The highest BCUT2D eigenvalue weighted by Crippen LogP contribution is 2.30. The highest BCUT2D eigenvalue weighted by Gasteiger charge is 2.36. The molecule has 28 heavy (non-hydrogen) atoms. The molecular weight excluding hydrogens is 398 g/mol. The number of benzene rings is 1. The van der Waals surface area contributed by atoms with Gasteiger partial charge in [0.2, 0.25) is 10.0 Å². The van der Waals surface area contributed by atoms with E-state index < -0.39 is 10.0 Å². The van der Waals surface area contributed by atoms with E-state index in [1.807, 2.05) is 11.9 Å². The van der Waals surface area contributed by atoms with Crippen LogP contribution in [0.3, 0.4) is 0 Å². The summed E-state index contributed by atoms with van der Waals surface area (Å²) in [5, 5.41) is 3.60. The number of piperidine rings is 2. The predicted molar refractivity (Wildman–Crippen MR) is 111 cm³/mol. The molecule has 1 amide bonds. The van der Waals surface area contributed by atoms with Crippen molar-refractivity contribution in [2.45, 2.75) is 68.0 Å². The van der Waals surface area contributed by atoms with Crippen molar-refractivity contribution < 1.29 is 13.2 Å². The highest BCUT2D eigenvalue weighted by molar-refractivity contribution is 7.89. The maximum atomic E-state index is 13.0. The zero-order chi connectivity index (χ0) is 19.0. The molecule has 2 unspecified atom stereocenters. The molecule has 3 heterocycles. The third-order valence-corrected chi connectivity index (χ3v) is 8.24. The van der Waals surface area contributed by atoms with E-state index in [1.165, 1.54) is 12.8 Å². The molecule has 2 bridgehead atoms. The fourth-order valence-corrected chi connectivity index (χ4v) is 6.32. The van der Waals surface area contributed by atoms with E-state index in [2.05, 4.69) is 5.32 Å². The van der Waals surface area contributed by atoms with E-state index >= 15 is 0 Å². The summed E-state index contributed by atoms with van der Waals surface area (Å²) in [5.74, 6) is -0.0861. The number of nitrogens with one attached hydrogen (secondary N) is 1. The molecule has 0 saturated carbocycles. The molecule has 0 aromatic heterocycles. The van der Waals surface area contributed by atoms with E-state index in [-0.39, 0.29) is 29.3 Å². The quantitative estimate of drug-likeness (QED) is 0.801. The van der Waals surface area contributed by atoms with Gasteiger partial charge in [0, 0.05) is 43.8 Å². The number of sulfonamides is 1. The lowest BCUT2D eigenvalue weighted by atomic mass is 9.98. The number of halogens is 1. The van der Waals surface area contributed by atoms with Crippen molar-refractivity contribution in [1.29, 1.82) is 0 Å². The minimum absolute atomic E-state index is 0. The summed E-state index contributed by atoms with van der Waals surface area (Å²) in [5.41, 5.74) is 0.460. The van der Waals surface area contributed by atoms with Gasteiger partial charge in [-0.2, -0.15) is 4.31 Å². The SMILES string of the molecule is CN(C(=O)c1cccc(S(=O)(=O)N2CCCCC2)c1)C1CC2CCC(C1)N2.Cl. The van der Waals surface area contributed by atoms with Crippen LogP contribution in [0.5, 0.6) is 0 Å². The van der Waals surface area contributed by atoms with Crippen LogP contribution < -0.4 is 5.32 Å². The molecule has 3 saturated heterocycles. The van der Waals surface area contributed by atoms with E-state index in [0.717, 1.165) is 32.1 Å². The van der Waals surface area contributed by atoms with Crippen molar-refractivity contribution in [1.82, 2.24) is 14.5 Å². The fourth-order valence-electron chi connectivity index (χ4n) is 4.76. The smallest absolute Gasteiger partial charge is 0.253 e. The first-order valence-electron chi connectivity index (χ1n) is 10.1.